The lowest BCUT2D eigenvalue weighted by Gasteiger charge is -2.35. The third-order valence-corrected chi connectivity index (χ3v) is 6.09. The van der Waals surface area contributed by atoms with Gasteiger partial charge in [-0.05, 0) is 42.2 Å². The van der Waals surface area contributed by atoms with Crippen LogP contribution in [0.3, 0.4) is 0 Å². The Morgan fingerprint density at radius 3 is 2.56 bits per heavy atom. The van der Waals surface area contributed by atoms with Gasteiger partial charge in [-0.1, -0.05) is 29.8 Å². The van der Waals surface area contributed by atoms with E-state index in [2.05, 4.69) is 20.9 Å². The first-order chi connectivity index (χ1) is 13.1. The number of carbonyl (C=O) groups is 1. The Labute approximate surface area is 164 Å². The van der Waals surface area contributed by atoms with Gasteiger partial charge < -0.3 is 9.64 Å². The van der Waals surface area contributed by atoms with Gasteiger partial charge >= 0.3 is 5.97 Å². The van der Waals surface area contributed by atoms with Crippen molar-refractivity contribution in [3.63, 3.8) is 0 Å². The number of piperazine rings is 1. The van der Waals surface area contributed by atoms with Gasteiger partial charge in [-0.3, -0.25) is 9.69 Å². The lowest BCUT2D eigenvalue weighted by atomic mass is 9.93. The van der Waals surface area contributed by atoms with E-state index in [0.29, 0.717) is 5.02 Å². The average Bonchev–Trinajstić information content (AvgIpc) is 3.44. The summed E-state index contributed by atoms with van der Waals surface area (Å²) in [7, 11) is 1.47. The largest absolute Gasteiger partial charge is 0.468 e. The van der Waals surface area contributed by atoms with E-state index in [-0.39, 0.29) is 11.9 Å². The van der Waals surface area contributed by atoms with Crippen LogP contribution >= 0.6 is 11.6 Å². The fourth-order valence-electron chi connectivity index (χ4n) is 4.21. The molecule has 5 nitrogen and oxygen atoms in total. The number of rotatable bonds is 5. The molecule has 0 bridgehead atoms. The van der Waals surface area contributed by atoms with Gasteiger partial charge in [-0.15, -0.1) is 0 Å². The molecule has 1 aromatic carbocycles. The van der Waals surface area contributed by atoms with E-state index in [0.717, 1.165) is 50.5 Å². The number of anilines is 1. The predicted molar refractivity (Wildman–Crippen MR) is 106 cm³/mol. The molecule has 1 saturated heterocycles. The second-order valence-electron chi connectivity index (χ2n) is 7.35. The molecule has 2 atom stereocenters. The lowest BCUT2D eigenvalue weighted by Crippen LogP contribution is -2.47. The highest BCUT2D eigenvalue weighted by atomic mass is 35.5. The van der Waals surface area contributed by atoms with Crippen molar-refractivity contribution < 1.29 is 9.53 Å². The van der Waals surface area contributed by atoms with Crippen LogP contribution in [-0.2, 0) is 14.9 Å². The highest BCUT2D eigenvalue weighted by Gasteiger charge is 2.62. The molecule has 27 heavy (non-hydrogen) atoms. The van der Waals surface area contributed by atoms with Crippen molar-refractivity contribution in [2.45, 2.75) is 11.8 Å². The molecule has 0 spiro atoms. The lowest BCUT2D eigenvalue weighted by molar-refractivity contribution is -0.144. The number of aromatic nitrogens is 1. The summed E-state index contributed by atoms with van der Waals surface area (Å²) in [6.07, 6.45) is 2.67. The maximum Gasteiger partial charge on any atom is 0.316 e. The van der Waals surface area contributed by atoms with E-state index in [4.69, 9.17) is 16.3 Å². The molecule has 142 valence electrons. The summed E-state index contributed by atoms with van der Waals surface area (Å²) in [5, 5.41) is 0.682. The third-order valence-electron chi connectivity index (χ3n) is 5.84. The van der Waals surface area contributed by atoms with E-state index in [1.54, 1.807) is 0 Å². The van der Waals surface area contributed by atoms with Crippen LogP contribution in [-0.4, -0.2) is 55.7 Å². The Balaban J connectivity index is 1.40. The summed E-state index contributed by atoms with van der Waals surface area (Å²) in [5.41, 5.74) is 0.494. The molecule has 6 heteroatoms. The van der Waals surface area contributed by atoms with E-state index >= 15 is 0 Å². The van der Waals surface area contributed by atoms with Gasteiger partial charge in [0.1, 0.15) is 5.82 Å². The first kappa shape index (κ1) is 18.3. The topological polar surface area (TPSA) is 45.7 Å². The minimum atomic E-state index is -0.516. The summed E-state index contributed by atoms with van der Waals surface area (Å²) in [6, 6.07) is 13.6. The second kappa shape index (κ2) is 7.49. The van der Waals surface area contributed by atoms with Gasteiger partial charge in [0.2, 0.25) is 0 Å². The molecular weight excluding hydrogens is 362 g/mol. The number of carbonyl (C=O) groups excluding carboxylic acids is 1. The second-order valence-corrected chi connectivity index (χ2v) is 7.78. The molecule has 1 aliphatic heterocycles. The standard InChI is InChI=1S/C21H24ClN3O2/c1-27-20(26)21(16-5-7-18(22)8-6-16)14-17(21)15-24-10-12-25(13-11-24)19-4-2-3-9-23-19/h2-9,17H,10-15H2,1H3. The van der Waals surface area contributed by atoms with Gasteiger partial charge in [-0.25, -0.2) is 4.98 Å². The Morgan fingerprint density at radius 2 is 1.93 bits per heavy atom. The van der Waals surface area contributed by atoms with Gasteiger partial charge in [-0.2, -0.15) is 0 Å². The van der Waals surface area contributed by atoms with Crippen molar-refractivity contribution in [1.29, 1.82) is 0 Å². The third kappa shape index (κ3) is 3.54. The van der Waals surface area contributed by atoms with Gasteiger partial charge in [0.05, 0.1) is 12.5 Å². The van der Waals surface area contributed by atoms with Crippen LogP contribution in [0.4, 0.5) is 5.82 Å². The first-order valence-electron chi connectivity index (χ1n) is 9.36. The quantitative estimate of drug-likeness (QED) is 0.740. The smallest absolute Gasteiger partial charge is 0.316 e. The number of methoxy groups -OCH3 is 1. The van der Waals surface area contributed by atoms with Crippen LogP contribution < -0.4 is 4.90 Å². The molecule has 0 radical (unpaired) electrons. The highest BCUT2D eigenvalue weighted by Crippen LogP contribution is 2.55. The van der Waals surface area contributed by atoms with Crippen LogP contribution in [0.1, 0.15) is 12.0 Å². The van der Waals surface area contributed by atoms with Crippen LogP contribution in [0, 0.1) is 5.92 Å². The van der Waals surface area contributed by atoms with Crippen molar-refractivity contribution in [2.24, 2.45) is 5.92 Å². The molecule has 2 aromatic rings. The molecule has 0 N–H and O–H groups in total. The fourth-order valence-corrected chi connectivity index (χ4v) is 4.34. The van der Waals surface area contributed by atoms with Gasteiger partial charge in [0, 0.05) is 43.9 Å². The zero-order valence-electron chi connectivity index (χ0n) is 15.5. The van der Waals surface area contributed by atoms with Crippen LogP contribution in [0.25, 0.3) is 0 Å². The van der Waals surface area contributed by atoms with E-state index < -0.39 is 5.41 Å². The fraction of sp³-hybridized carbons (Fsp3) is 0.429. The van der Waals surface area contributed by atoms with E-state index in [9.17, 15) is 4.79 Å². The molecule has 2 unspecified atom stereocenters. The molecule has 1 aliphatic carbocycles. The van der Waals surface area contributed by atoms with Crippen molar-refractivity contribution >= 4 is 23.4 Å². The number of hydrogen-bond donors (Lipinski definition) is 0. The van der Waals surface area contributed by atoms with E-state index in [1.807, 2.05) is 42.6 Å². The predicted octanol–water partition coefficient (Wildman–Crippen LogP) is 2.99. The van der Waals surface area contributed by atoms with Crippen molar-refractivity contribution in [3.05, 3.63) is 59.2 Å². The SMILES string of the molecule is COC(=O)C1(c2ccc(Cl)cc2)CC1CN1CCN(c2ccccn2)CC1. The van der Waals surface area contributed by atoms with Crippen molar-refractivity contribution in [1.82, 2.24) is 9.88 Å². The highest BCUT2D eigenvalue weighted by molar-refractivity contribution is 6.30. The molecule has 2 fully saturated rings. The molecule has 2 heterocycles. The number of nitrogens with zero attached hydrogens (tertiary/aromatic N) is 3. The summed E-state index contributed by atoms with van der Waals surface area (Å²) in [4.78, 5) is 21.8. The normalized spacial score (nSPS) is 25.3. The van der Waals surface area contributed by atoms with Crippen LogP contribution in [0.2, 0.25) is 5.02 Å². The minimum absolute atomic E-state index is 0.137. The van der Waals surface area contributed by atoms with Gasteiger partial charge in [0.15, 0.2) is 0 Å². The molecule has 1 saturated carbocycles. The molecule has 2 aliphatic rings. The number of pyridine rings is 1. The zero-order chi connectivity index (χ0) is 18.9. The number of esters is 1. The summed E-state index contributed by atoms with van der Waals surface area (Å²) in [6.45, 7) is 4.77. The molecule has 1 aromatic heterocycles. The minimum Gasteiger partial charge on any atom is -0.468 e. The average molecular weight is 386 g/mol. The number of ether oxygens (including phenoxy) is 1. The number of hydrogen-bond acceptors (Lipinski definition) is 5. The summed E-state index contributed by atoms with van der Waals surface area (Å²) < 4.78 is 5.15. The maximum atomic E-state index is 12.6. The number of halogens is 1. The summed E-state index contributed by atoms with van der Waals surface area (Å²) >= 11 is 6.02. The van der Waals surface area contributed by atoms with Crippen LogP contribution in [0.15, 0.2) is 48.7 Å². The Bertz CT molecular complexity index is 791. The monoisotopic (exact) mass is 385 g/mol. The summed E-state index contributed by atoms with van der Waals surface area (Å²) in [5.74, 6) is 1.18. The Hall–Kier alpha value is -2.11. The van der Waals surface area contributed by atoms with Crippen LogP contribution in [0.5, 0.6) is 0 Å². The van der Waals surface area contributed by atoms with Gasteiger partial charge in [0.25, 0.3) is 0 Å². The van der Waals surface area contributed by atoms with E-state index in [1.165, 1.54) is 7.11 Å². The maximum absolute atomic E-state index is 12.6. The first-order valence-corrected chi connectivity index (χ1v) is 9.74. The molecular formula is C21H24ClN3O2. The van der Waals surface area contributed by atoms with Crippen molar-refractivity contribution in [2.75, 3.05) is 44.7 Å². The zero-order valence-corrected chi connectivity index (χ0v) is 16.2. The van der Waals surface area contributed by atoms with Crippen molar-refractivity contribution in [3.8, 4) is 0 Å². The number of benzene rings is 1. The molecule has 4 rings (SSSR count). The Morgan fingerprint density at radius 1 is 1.19 bits per heavy atom. The molecule has 0 amide bonds. The Kier molecular flexibility index (Phi) is 5.06.